The van der Waals surface area contributed by atoms with E-state index in [1.807, 2.05) is 6.07 Å². The van der Waals surface area contributed by atoms with Gasteiger partial charge in [-0.1, -0.05) is 30.3 Å². The van der Waals surface area contributed by atoms with E-state index >= 15 is 0 Å². The number of aryl methyl sites for hydroxylation is 2. The molecule has 4 heteroatoms. The van der Waals surface area contributed by atoms with Gasteiger partial charge in [-0.05, 0) is 66.3 Å². The summed E-state index contributed by atoms with van der Waals surface area (Å²) in [6.07, 6.45) is 2.16. The second kappa shape index (κ2) is 6.62. The fourth-order valence-electron chi connectivity index (χ4n) is 3.75. The quantitative estimate of drug-likeness (QED) is 0.753. The zero-order valence-corrected chi connectivity index (χ0v) is 15.4. The predicted molar refractivity (Wildman–Crippen MR) is 104 cm³/mol. The minimum Gasteiger partial charge on any atom is -0.350 e. The van der Waals surface area contributed by atoms with Crippen LogP contribution in [0.5, 0.6) is 0 Å². The summed E-state index contributed by atoms with van der Waals surface area (Å²) in [7, 11) is 4.10. The summed E-state index contributed by atoms with van der Waals surface area (Å²) in [5.74, 6) is 0.0130. The maximum atomic E-state index is 12.9. The van der Waals surface area contributed by atoms with Crippen molar-refractivity contribution in [3.05, 3.63) is 69.4 Å². The first-order valence-corrected chi connectivity index (χ1v) is 9.54. The minimum absolute atomic E-state index is 0.0130. The molecule has 0 fully saturated rings. The number of nitrogens with one attached hydrogen (secondary N) is 1. The third kappa shape index (κ3) is 2.96. The molecular formula is C21H22N2OS. The number of amides is 1. The van der Waals surface area contributed by atoms with Crippen LogP contribution < -0.4 is 5.32 Å². The molecule has 3 nitrogen and oxygen atoms in total. The summed E-state index contributed by atoms with van der Waals surface area (Å²) in [4.78, 5) is 16.3. The molecule has 4 rings (SSSR count). The van der Waals surface area contributed by atoms with Gasteiger partial charge in [0.2, 0.25) is 0 Å². The van der Waals surface area contributed by atoms with E-state index in [0.29, 0.717) is 6.54 Å². The average molecular weight is 350 g/mol. The Morgan fingerprint density at radius 1 is 1.12 bits per heavy atom. The molecule has 0 spiro atoms. The van der Waals surface area contributed by atoms with Crippen molar-refractivity contribution >= 4 is 28.0 Å². The van der Waals surface area contributed by atoms with E-state index in [2.05, 4.69) is 66.1 Å². The van der Waals surface area contributed by atoms with Gasteiger partial charge in [0, 0.05) is 17.0 Å². The molecule has 1 aliphatic rings. The zero-order chi connectivity index (χ0) is 17.4. The third-order valence-corrected chi connectivity index (χ3v) is 6.05. The summed E-state index contributed by atoms with van der Waals surface area (Å²) in [6, 6.07) is 14.8. The normalized spacial score (nSPS) is 14.2. The van der Waals surface area contributed by atoms with Crippen LogP contribution in [-0.2, 0) is 12.8 Å². The highest BCUT2D eigenvalue weighted by Crippen LogP contribution is 2.32. The Morgan fingerprint density at radius 2 is 1.92 bits per heavy atom. The van der Waals surface area contributed by atoms with E-state index in [-0.39, 0.29) is 11.9 Å². The molecule has 0 saturated heterocycles. The third-order valence-electron chi connectivity index (χ3n) is 5.07. The Balaban J connectivity index is 1.59. The standard InChI is InChI=1S/C21H22N2OS/c1-23(2)18(19-7-4-12-25-19)13-22-21(24)17-11-10-15-9-8-14-5-3-6-16(17)20(14)15/h3-7,10-12,18H,8-9,13H2,1-2H3,(H,22,24). The van der Waals surface area contributed by atoms with Crippen molar-refractivity contribution in [2.24, 2.45) is 0 Å². The maximum absolute atomic E-state index is 12.9. The van der Waals surface area contributed by atoms with Crippen molar-refractivity contribution in [3.63, 3.8) is 0 Å². The fraction of sp³-hybridized carbons (Fsp3) is 0.286. The molecule has 0 radical (unpaired) electrons. The molecule has 1 aromatic heterocycles. The van der Waals surface area contributed by atoms with Crippen LogP contribution >= 0.6 is 11.3 Å². The van der Waals surface area contributed by atoms with Gasteiger partial charge in [0.15, 0.2) is 0 Å². The number of carbonyl (C=O) groups is 1. The molecular weight excluding hydrogens is 328 g/mol. The van der Waals surface area contributed by atoms with E-state index < -0.39 is 0 Å². The number of rotatable bonds is 5. The molecule has 1 aliphatic carbocycles. The number of thiophene rings is 1. The highest BCUT2D eigenvalue weighted by Gasteiger charge is 2.20. The zero-order valence-electron chi connectivity index (χ0n) is 14.6. The molecule has 1 amide bonds. The van der Waals surface area contributed by atoms with Crippen molar-refractivity contribution in [3.8, 4) is 0 Å². The van der Waals surface area contributed by atoms with Gasteiger partial charge in [0.25, 0.3) is 5.91 Å². The Bertz CT molecular complexity index is 905. The summed E-state index contributed by atoms with van der Waals surface area (Å²) in [5, 5.41) is 7.60. The van der Waals surface area contributed by atoms with E-state index in [9.17, 15) is 4.79 Å². The van der Waals surface area contributed by atoms with E-state index in [1.54, 1.807) is 11.3 Å². The van der Waals surface area contributed by atoms with Gasteiger partial charge in [0.1, 0.15) is 0 Å². The lowest BCUT2D eigenvalue weighted by Gasteiger charge is -2.23. The number of nitrogens with zero attached hydrogens (tertiary/aromatic N) is 1. The number of hydrogen-bond acceptors (Lipinski definition) is 3. The SMILES string of the molecule is CN(C)C(CNC(=O)c1ccc2c3c(cccc13)CC2)c1cccs1. The summed E-state index contributed by atoms with van der Waals surface area (Å²) in [5.41, 5.74) is 3.52. The van der Waals surface area contributed by atoms with Gasteiger partial charge in [-0.3, -0.25) is 4.79 Å². The van der Waals surface area contributed by atoms with E-state index in [0.717, 1.165) is 23.8 Å². The van der Waals surface area contributed by atoms with Crippen molar-refractivity contribution in [1.82, 2.24) is 10.2 Å². The molecule has 2 aromatic carbocycles. The Labute approximate surface area is 152 Å². The van der Waals surface area contributed by atoms with Crippen LogP contribution in [0, 0.1) is 0 Å². The molecule has 128 valence electrons. The van der Waals surface area contributed by atoms with Crippen LogP contribution in [0.3, 0.4) is 0 Å². The van der Waals surface area contributed by atoms with Gasteiger partial charge >= 0.3 is 0 Å². The molecule has 1 N–H and O–H groups in total. The molecule has 3 aromatic rings. The van der Waals surface area contributed by atoms with Gasteiger partial charge in [-0.25, -0.2) is 0 Å². The summed E-state index contributed by atoms with van der Waals surface area (Å²) in [6.45, 7) is 0.606. The highest BCUT2D eigenvalue weighted by atomic mass is 32.1. The van der Waals surface area contributed by atoms with Crippen molar-refractivity contribution in [2.45, 2.75) is 18.9 Å². The van der Waals surface area contributed by atoms with Crippen LogP contribution in [0.15, 0.2) is 47.8 Å². The van der Waals surface area contributed by atoms with Gasteiger partial charge in [-0.15, -0.1) is 11.3 Å². The molecule has 0 saturated carbocycles. The van der Waals surface area contributed by atoms with Crippen LogP contribution in [0.4, 0.5) is 0 Å². The Kier molecular flexibility index (Phi) is 4.32. The van der Waals surface area contributed by atoms with Crippen molar-refractivity contribution in [1.29, 1.82) is 0 Å². The number of benzene rings is 2. The monoisotopic (exact) mass is 350 g/mol. The molecule has 0 aliphatic heterocycles. The Morgan fingerprint density at radius 3 is 2.64 bits per heavy atom. The number of carbonyl (C=O) groups excluding carboxylic acids is 1. The second-order valence-corrected chi connectivity index (χ2v) is 7.80. The van der Waals surface area contributed by atoms with Crippen molar-refractivity contribution in [2.75, 3.05) is 20.6 Å². The second-order valence-electron chi connectivity index (χ2n) is 6.82. The van der Waals surface area contributed by atoms with Gasteiger partial charge < -0.3 is 10.2 Å². The van der Waals surface area contributed by atoms with E-state index in [4.69, 9.17) is 0 Å². The lowest BCUT2D eigenvalue weighted by atomic mass is 9.99. The topological polar surface area (TPSA) is 32.3 Å². The van der Waals surface area contributed by atoms with Gasteiger partial charge in [-0.2, -0.15) is 0 Å². The van der Waals surface area contributed by atoms with Crippen LogP contribution in [-0.4, -0.2) is 31.4 Å². The summed E-state index contributed by atoms with van der Waals surface area (Å²) >= 11 is 1.73. The van der Waals surface area contributed by atoms with Crippen LogP contribution in [0.1, 0.15) is 32.4 Å². The average Bonchev–Trinajstić information content (AvgIpc) is 3.26. The molecule has 25 heavy (non-hydrogen) atoms. The number of likely N-dealkylation sites (N-methyl/N-ethyl adjacent to an activating group) is 1. The molecule has 0 bridgehead atoms. The predicted octanol–water partition coefficient (Wildman–Crippen LogP) is 4.03. The maximum Gasteiger partial charge on any atom is 0.251 e. The Hall–Kier alpha value is -2.17. The molecule has 1 unspecified atom stereocenters. The summed E-state index contributed by atoms with van der Waals surface area (Å²) < 4.78 is 0. The van der Waals surface area contributed by atoms with Crippen LogP contribution in [0.25, 0.3) is 10.8 Å². The fourth-order valence-corrected chi connectivity index (χ4v) is 4.67. The lowest BCUT2D eigenvalue weighted by Crippen LogP contribution is -2.34. The first-order valence-electron chi connectivity index (χ1n) is 8.66. The smallest absolute Gasteiger partial charge is 0.251 e. The van der Waals surface area contributed by atoms with Crippen LogP contribution in [0.2, 0.25) is 0 Å². The number of hydrogen-bond donors (Lipinski definition) is 1. The lowest BCUT2D eigenvalue weighted by molar-refractivity contribution is 0.0944. The first-order chi connectivity index (χ1) is 12.1. The molecule has 1 atom stereocenters. The highest BCUT2D eigenvalue weighted by molar-refractivity contribution is 7.10. The largest absolute Gasteiger partial charge is 0.350 e. The van der Waals surface area contributed by atoms with Crippen molar-refractivity contribution < 1.29 is 4.79 Å². The first kappa shape index (κ1) is 16.3. The molecule has 1 heterocycles. The van der Waals surface area contributed by atoms with E-state index in [1.165, 1.54) is 21.4 Å². The minimum atomic E-state index is 0.0130. The van der Waals surface area contributed by atoms with Gasteiger partial charge in [0.05, 0.1) is 6.04 Å².